The van der Waals surface area contributed by atoms with Gasteiger partial charge in [0.1, 0.15) is 5.65 Å². The lowest BCUT2D eigenvalue weighted by Crippen LogP contribution is -2.21. The van der Waals surface area contributed by atoms with E-state index in [0.717, 1.165) is 31.1 Å². The average Bonchev–Trinajstić information content (AvgIpc) is 3.12. The summed E-state index contributed by atoms with van der Waals surface area (Å²) in [6.07, 6.45) is 2.08. The third-order valence-corrected chi connectivity index (χ3v) is 4.24. The van der Waals surface area contributed by atoms with Crippen LogP contribution in [0.25, 0.3) is 5.65 Å². The summed E-state index contributed by atoms with van der Waals surface area (Å²) in [5.41, 5.74) is 3.54. The zero-order valence-corrected chi connectivity index (χ0v) is 13.2. The van der Waals surface area contributed by atoms with Crippen LogP contribution in [0, 0.1) is 0 Å². The van der Waals surface area contributed by atoms with Crippen molar-refractivity contribution < 1.29 is 0 Å². The molecule has 0 aromatic carbocycles. The van der Waals surface area contributed by atoms with Gasteiger partial charge in [-0.3, -0.25) is 0 Å². The summed E-state index contributed by atoms with van der Waals surface area (Å²) in [6, 6.07) is 8.30. The van der Waals surface area contributed by atoms with E-state index in [-0.39, 0.29) is 0 Å². The molecule has 0 radical (unpaired) electrons. The minimum atomic E-state index is 0.824. The zero-order valence-electron chi connectivity index (χ0n) is 12.4. The van der Waals surface area contributed by atoms with Gasteiger partial charge in [-0.25, -0.2) is 4.98 Å². The van der Waals surface area contributed by atoms with Gasteiger partial charge in [0.25, 0.3) is 0 Å². The highest BCUT2D eigenvalue weighted by atomic mass is 32.1. The maximum atomic E-state index is 4.80. The number of hydrogen-bond donors (Lipinski definition) is 1. The van der Waals surface area contributed by atoms with Crippen molar-refractivity contribution in [2.24, 2.45) is 0 Å². The normalized spacial score (nSPS) is 11.1. The monoisotopic (exact) mass is 300 g/mol. The van der Waals surface area contributed by atoms with Crippen LogP contribution in [0.4, 0.5) is 5.82 Å². The number of hydrogen-bond acceptors (Lipinski definition) is 4. The minimum Gasteiger partial charge on any atom is -0.354 e. The van der Waals surface area contributed by atoms with E-state index in [0.29, 0.717) is 0 Å². The summed E-state index contributed by atoms with van der Waals surface area (Å²) < 4.78 is 2.17. The van der Waals surface area contributed by atoms with Crippen LogP contribution in [-0.2, 0) is 13.1 Å². The first-order chi connectivity index (χ1) is 10.3. The third kappa shape index (κ3) is 2.94. The maximum Gasteiger partial charge on any atom is 0.152 e. The molecule has 110 valence electrons. The molecular weight excluding hydrogens is 280 g/mol. The number of nitrogens with zero attached hydrogens (tertiary/aromatic N) is 3. The predicted octanol–water partition coefficient (Wildman–Crippen LogP) is 3.14. The molecule has 0 saturated heterocycles. The Balaban J connectivity index is 1.95. The Kier molecular flexibility index (Phi) is 4.22. The van der Waals surface area contributed by atoms with Gasteiger partial charge in [0.15, 0.2) is 5.82 Å². The molecule has 21 heavy (non-hydrogen) atoms. The van der Waals surface area contributed by atoms with Gasteiger partial charge in [0, 0.05) is 26.3 Å². The molecule has 1 N–H and O–H groups in total. The Morgan fingerprint density at radius 3 is 3.00 bits per heavy atom. The Bertz CT molecular complexity index is 702. The van der Waals surface area contributed by atoms with Crippen LogP contribution in [0.15, 0.2) is 41.2 Å². The van der Waals surface area contributed by atoms with Crippen molar-refractivity contribution in [1.82, 2.24) is 14.7 Å². The topological polar surface area (TPSA) is 32.6 Å². The average molecular weight is 300 g/mol. The van der Waals surface area contributed by atoms with E-state index in [1.165, 1.54) is 11.3 Å². The first-order valence-electron chi connectivity index (χ1n) is 7.18. The molecule has 0 spiro atoms. The van der Waals surface area contributed by atoms with Crippen molar-refractivity contribution >= 4 is 22.8 Å². The maximum absolute atomic E-state index is 4.80. The molecule has 3 aromatic rings. The second kappa shape index (κ2) is 6.28. The van der Waals surface area contributed by atoms with Crippen molar-refractivity contribution in [3.63, 3.8) is 0 Å². The Morgan fingerprint density at radius 2 is 2.24 bits per heavy atom. The van der Waals surface area contributed by atoms with E-state index in [4.69, 9.17) is 4.98 Å². The van der Waals surface area contributed by atoms with Gasteiger partial charge in [0.05, 0.1) is 5.69 Å². The standard InChI is InChI=1S/C16H20N4S/c1-3-17-10-14-16(18-15-6-4-5-8-20(14)15)19(2)11-13-7-9-21-12-13/h4-9,12,17H,3,10-11H2,1-2H3. The molecule has 0 aliphatic carbocycles. The number of rotatable bonds is 6. The van der Waals surface area contributed by atoms with Crippen molar-refractivity contribution in [2.75, 3.05) is 18.5 Å². The molecule has 3 heterocycles. The Morgan fingerprint density at radius 1 is 1.33 bits per heavy atom. The quantitative estimate of drug-likeness (QED) is 0.759. The number of anilines is 1. The molecule has 4 nitrogen and oxygen atoms in total. The largest absolute Gasteiger partial charge is 0.354 e. The number of aromatic nitrogens is 2. The molecule has 0 unspecified atom stereocenters. The highest BCUT2D eigenvalue weighted by Crippen LogP contribution is 2.22. The molecule has 0 amide bonds. The van der Waals surface area contributed by atoms with E-state index >= 15 is 0 Å². The fourth-order valence-electron chi connectivity index (χ4n) is 2.48. The van der Waals surface area contributed by atoms with Gasteiger partial charge in [-0.2, -0.15) is 11.3 Å². The molecule has 3 aromatic heterocycles. The van der Waals surface area contributed by atoms with E-state index in [1.807, 2.05) is 12.1 Å². The summed E-state index contributed by atoms with van der Waals surface area (Å²) in [5.74, 6) is 1.05. The number of fused-ring (bicyclic) bond motifs is 1. The van der Waals surface area contributed by atoms with Gasteiger partial charge in [-0.15, -0.1) is 0 Å². The molecule has 0 aliphatic rings. The molecule has 0 atom stereocenters. The number of pyridine rings is 1. The SMILES string of the molecule is CCNCc1c(N(C)Cc2ccsc2)nc2ccccn12. The summed E-state index contributed by atoms with van der Waals surface area (Å²) in [6.45, 7) is 4.78. The van der Waals surface area contributed by atoms with Crippen LogP contribution in [0.5, 0.6) is 0 Å². The number of imidazole rings is 1. The Labute approximate surface area is 129 Å². The lowest BCUT2D eigenvalue weighted by molar-refractivity contribution is 0.701. The second-order valence-electron chi connectivity index (χ2n) is 5.08. The van der Waals surface area contributed by atoms with Crippen LogP contribution >= 0.6 is 11.3 Å². The second-order valence-corrected chi connectivity index (χ2v) is 5.86. The molecule has 3 rings (SSSR count). The van der Waals surface area contributed by atoms with Crippen molar-refractivity contribution in [3.05, 3.63) is 52.5 Å². The molecule has 0 aliphatic heterocycles. The minimum absolute atomic E-state index is 0.824. The van der Waals surface area contributed by atoms with Gasteiger partial charge in [-0.05, 0) is 41.1 Å². The van der Waals surface area contributed by atoms with E-state index in [9.17, 15) is 0 Å². The van der Waals surface area contributed by atoms with Gasteiger partial charge in [-0.1, -0.05) is 13.0 Å². The highest BCUT2D eigenvalue weighted by Gasteiger charge is 2.15. The zero-order chi connectivity index (χ0) is 14.7. The third-order valence-electron chi connectivity index (χ3n) is 3.51. The highest BCUT2D eigenvalue weighted by molar-refractivity contribution is 7.07. The smallest absolute Gasteiger partial charge is 0.152 e. The van der Waals surface area contributed by atoms with Crippen LogP contribution in [0.2, 0.25) is 0 Å². The van der Waals surface area contributed by atoms with Gasteiger partial charge >= 0.3 is 0 Å². The molecule has 0 bridgehead atoms. The van der Waals surface area contributed by atoms with Crippen LogP contribution < -0.4 is 10.2 Å². The lowest BCUT2D eigenvalue weighted by Gasteiger charge is -2.18. The van der Waals surface area contributed by atoms with E-state index in [2.05, 4.69) is 57.7 Å². The van der Waals surface area contributed by atoms with E-state index in [1.54, 1.807) is 11.3 Å². The van der Waals surface area contributed by atoms with Crippen molar-refractivity contribution in [3.8, 4) is 0 Å². The van der Waals surface area contributed by atoms with Crippen molar-refractivity contribution in [2.45, 2.75) is 20.0 Å². The van der Waals surface area contributed by atoms with Gasteiger partial charge < -0.3 is 14.6 Å². The summed E-state index contributed by atoms with van der Waals surface area (Å²) in [7, 11) is 2.11. The molecule has 5 heteroatoms. The summed E-state index contributed by atoms with van der Waals surface area (Å²) in [5, 5.41) is 7.72. The molecule has 0 saturated carbocycles. The number of thiophene rings is 1. The summed E-state index contributed by atoms with van der Waals surface area (Å²) >= 11 is 1.74. The number of nitrogens with one attached hydrogen (secondary N) is 1. The van der Waals surface area contributed by atoms with Crippen LogP contribution in [0.1, 0.15) is 18.2 Å². The lowest BCUT2D eigenvalue weighted by atomic mass is 10.3. The van der Waals surface area contributed by atoms with Crippen LogP contribution in [-0.4, -0.2) is 23.0 Å². The molecular formula is C16H20N4S. The van der Waals surface area contributed by atoms with E-state index < -0.39 is 0 Å². The summed E-state index contributed by atoms with van der Waals surface area (Å²) in [4.78, 5) is 7.02. The molecule has 0 fully saturated rings. The first-order valence-corrected chi connectivity index (χ1v) is 8.12. The first kappa shape index (κ1) is 14.1. The fraction of sp³-hybridized carbons (Fsp3) is 0.312. The van der Waals surface area contributed by atoms with Crippen molar-refractivity contribution in [1.29, 1.82) is 0 Å². The predicted molar refractivity (Wildman–Crippen MR) is 89.0 cm³/mol. The Hall–Kier alpha value is -1.85. The fourth-order valence-corrected chi connectivity index (χ4v) is 3.14. The van der Waals surface area contributed by atoms with Gasteiger partial charge in [0.2, 0.25) is 0 Å². The van der Waals surface area contributed by atoms with Crippen LogP contribution in [0.3, 0.4) is 0 Å².